The molecule has 1 aliphatic carbocycles. The molecule has 8 heteroatoms. The average molecular weight is 466 g/mol. The third-order valence-corrected chi connectivity index (χ3v) is 8.20. The number of fused-ring (bicyclic) bond motifs is 5. The number of aromatic nitrogens is 4. The summed E-state index contributed by atoms with van der Waals surface area (Å²) in [7, 11) is 0. The van der Waals surface area contributed by atoms with Crippen LogP contribution in [0, 0.1) is 20.8 Å². The molecule has 0 atom stereocenters. The van der Waals surface area contributed by atoms with E-state index in [2.05, 4.69) is 45.9 Å². The fourth-order valence-electron chi connectivity index (χ4n) is 4.71. The molecule has 0 fully saturated rings. The van der Waals surface area contributed by atoms with Crippen molar-refractivity contribution in [1.29, 1.82) is 0 Å². The van der Waals surface area contributed by atoms with Gasteiger partial charge in [-0.1, -0.05) is 36.4 Å². The molecule has 0 radical (unpaired) electrons. The van der Waals surface area contributed by atoms with Crippen molar-refractivity contribution in [1.82, 2.24) is 19.6 Å². The molecule has 1 aromatic carbocycles. The first kappa shape index (κ1) is 21.4. The molecule has 1 aliphatic rings. The number of rotatable bonds is 5. The Morgan fingerprint density at radius 3 is 2.66 bits per heavy atom. The predicted octanol–water partition coefficient (Wildman–Crippen LogP) is 5.44. The van der Waals surface area contributed by atoms with Crippen molar-refractivity contribution in [2.45, 2.75) is 65.0 Å². The minimum Gasteiger partial charge on any atom is -0.325 e. The number of thioether (sulfide) groups is 1. The van der Waals surface area contributed by atoms with Crippen LogP contribution in [0.2, 0.25) is 0 Å². The van der Waals surface area contributed by atoms with Gasteiger partial charge in [0, 0.05) is 17.0 Å². The molecule has 5 rings (SSSR count). The summed E-state index contributed by atoms with van der Waals surface area (Å²) in [5, 5.41) is 14.0. The summed E-state index contributed by atoms with van der Waals surface area (Å²) in [6.07, 6.45) is 5.48. The molecule has 1 amide bonds. The summed E-state index contributed by atoms with van der Waals surface area (Å²) in [4.78, 5) is 20.3. The van der Waals surface area contributed by atoms with Gasteiger partial charge in [-0.15, -0.1) is 21.5 Å². The van der Waals surface area contributed by atoms with Gasteiger partial charge in [0.05, 0.1) is 11.1 Å². The van der Waals surface area contributed by atoms with Crippen molar-refractivity contribution in [3.63, 3.8) is 0 Å². The van der Waals surface area contributed by atoms with Gasteiger partial charge in [0.2, 0.25) is 5.91 Å². The second-order valence-electron chi connectivity index (χ2n) is 8.52. The van der Waals surface area contributed by atoms with Gasteiger partial charge in [-0.25, -0.2) is 4.98 Å². The summed E-state index contributed by atoms with van der Waals surface area (Å²) >= 11 is 3.23. The lowest BCUT2D eigenvalue weighted by atomic mass is 9.97. The monoisotopic (exact) mass is 465 g/mol. The lowest BCUT2D eigenvalue weighted by Gasteiger charge is -2.13. The van der Waals surface area contributed by atoms with E-state index in [0.717, 1.165) is 62.9 Å². The van der Waals surface area contributed by atoms with Gasteiger partial charge in [-0.05, 0) is 63.1 Å². The normalized spacial score (nSPS) is 13.6. The third-order valence-electron chi connectivity index (χ3n) is 6.09. The van der Waals surface area contributed by atoms with Gasteiger partial charge >= 0.3 is 0 Å². The Balaban J connectivity index is 1.44. The Morgan fingerprint density at radius 1 is 1.16 bits per heavy atom. The molecular formula is C24H27N5OS2. The second-order valence-corrected chi connectivity index (χ2v) is 10.6. The van der Waals surface area contributed by atoms with Gasteiger partial charge in [-0.2, -0.15) is 0 Å². The van der Waals surface area contributed by atoms with E-state index in [9.17, 15) is 4.79 Å². The molecule has 0 saturated heterocycles. The molecule has 166 valence electrons. The Bertz CT molecular complexity index is 1330. The first-order valence-corrected chi connectivity index (χ1v) is 12.9. The molecule has 0 saturated carbocycles. The van der Waals surface area contributed by atoms with Crippen LogP contribution in [-0.2, 0) is 24.1 Å². The van der Waals surface area contributed by atoms with E-state index in [4.69, 9.17) is 4.98 Å². The SMILES string of the molecule is CCc1nc2sc3c(c2c2nnc(SCC(=O)Nc4c(C)cc(C)cc4C)n12)CCCC3. The topological polar surface area (TPSA) is 72.2 Å². The summed E-state index contributed by atoms with van der Waals surface area (Å²) in [5.41, 5.74) is 6.55. The molecule has 3 aromatic heterocycles. The third kappa shape index (κ3) is 3.69. The lowest BCUT2D eigenvalue weighted by Crippen LogP contribution is -2.16. The van der Waals surface area contributed by atoms with E-state index in [1.165, 1.54) is 40.6 Å². The predicted molar refractivity (Wildman–Crippen MR) is 132 cm³/mol. The minimum absolute atomic E-state index is 0.0400. The molecule has 6 nitrogen and oxygen atoms in total. The standard InChI is InChI=1S/C24H27N5OS2/c1-5-18-25-23-20(16-8-6-7-9-17(16)32-23)22-27-28-24(29(18)22)31-12-19(30)26-21-14(3)10-13(2)11-15(21)4/h10-11H,5-9,12H2,1-4H3,(H,26,30). The highest BCUT2D eigenvalue weighted by Gasteiger charge is 2.23. The number of carbonyl (C=O) groups excluding carboxylic acids is 1. The molecule has 32 heavy (non-hydrogen) atoms. The molecule has 0 bridgehead atoms. The molecule has 4 aromatic rings. The van der Waals surface area contributed by atoms with Crippen molar-refractivity contribution < 1.29 is 4.79 Å². The number of carbonyl (C=O) groups is 1. The van der Waals surface area contributed by atoms with Crippen LogP contribution in [0.4, 0.5) is 5.69 Å². The van der Waals surface area contributed by atoms with E-state index in [1.807, 2.05) is 25.2 Å². The number of amides is 1. The number of aryl methyl sites for hydroxylation is 6. The van der Waals surface area contributed by atoms with Crippen LogP contribution in [0.25, 0.3) is 15.9 Å². The Hall–Kier alpha value is -2.45. The van der Waals surface area contributed by atoms with Crippen LogP contribution in [0.5, 0.6) is 0 Å². The van der Waals surface area contributed by atoms with Gasteiger partial charge in [-0.3, -0.25) is 9.20 Å². The number of nitrogens with one attached hydrogen (secondary N) is 1. The van der Waals surface area contributed by atoms with Crippen LogP contribution in [-0.4, -0.2) is 31.2 Å². The summed E-state index contributed by atoms with van der Waals surface area (Å²) in [6.45, 7) is 8.23. The summed E-state index contributed by atoms with van der Waals surface area (Å²) in [5.74, 6) is 1.18. The van der Waals surface area contributed by atoms with Gasteiger partial charge < -0.3 is 5.32 Å². The van der Waals surface area contributed by atoms with Crippen molar-refractivity contribution in [2.24, 2.45) is 0 Å². The van der Waals surface area contributed by atoms with Crippen molar-refractivity contribution in [2.75, 3.05) is 11.1 Å². The first-order chi connectivity index (χ1) is 15.5. The van der Waals surface area contributed by atoms with E-state index in [-0.39, 0.29) is 11.7 Å². The molecule has 0 unspecified atom stereocenters. The van der Waals surface area contributed by atoms with E-state index in [0.29, 0.717) is 0 Å². The van der Waals surface area contributed by atoms with Crippen LogP contribution >= 0.6 is 23.1 Å². The summed E-state index contributed by atoms with van der Waals surface area (Å²) in [6, 6.07) is 4.18. The van der Waals surface area contributed by atoms with Crippen molar-refractivity contribution in [3.05, 3.63) is 45.1 Å². The maximum Gasteiger partial charge on any atom is 0.234 e. The molecule has 3 heterocycles. The van der Waals surface area contributed by atoms with Gasteiger partial charge in [0.15, 0.2) is 10.8 Å². The minimum atomic E-state index is -0.0400. The fraction of sp³-hybridized carbons (Fsp3) is 0.417. The smallest absolute Gasteiger partial charge is 0.234 e. The summed E-state index contributed by atoms with van der Waals surface area (Å²) < 4.78 is 2.06. The Morgan fingerprint density at radius 2 is 1.91 bits per heavy atom. The Labute approximate surface area is 195 Å². The first-order valence-electron chi connectivity index (χ1n) is 11.1. The van der Waals surface area contributed by atoms with E-state index >= 15 is 0 Å². The largest absolute Gasteiger partial charge is 0.325 e. The maximum atomic E-state index is 12.7. The number of anilines is 1. The van der Waals surface area contributed by atoms with Gasteiger partial charge in [0.25, 0.3) is 0 Å². The van der Waals surface area contributed by atoms with Gasteiger partial charge in [0.1, 0.15) is 10.7 Å². The highest BCUT2D eigenvalue weighted by atomic mass is 32.2. The number of hydrogen-bond donors (Lipinski definition) is 1. The average Bonchev–Trinajstić information content (AvgIpc) is 3.35. The molecule has 0 spiro atoms. The van der Waals surface area contributed by atoms with Crippen LogP contribution in [0.1, 0.15) is 52.7 Å². The maximum absolute atomic E-state index is 12.7. The zero-order chi connectivity index (χ0) is 22.4. The van der Waals surface area contributed by atoms with Crippen LogP contribution in [0.15, 0.2) is 17.3 Å². The molecule has 0 aliphatic heterocycles. The van der Waals surface area contributed by atoms with Crippen LogP contribution in [0.3, 0.4) is 0 Å². The fourth-order valence-corrected chi connectivity index (χ4v) is 6.73. The molecule has 1 N–H and O–H groups in total. The zero-order valence-electron chi connectivity index (χ0n) is 18.9. The zero-order valence-corrected chi connectivity index (χ0v) is 20.5. The van der Waals surface area contributed by atoms with E-state index < -0.39 is 0 Å². The number of benzene rings is 1. The quantitative estimate of drug-likeness (QED) is 0.398. The number of hydrogen-bond acceptors (Lipinski definition) is 6. The number of thiophene rings is 1. The highest BCUT2D eigenvalue weighted by molar-refractivity contribution is 7.99. The second kappa shape index (κ2) is 8.48. The van der Waals surface area contributed by atoms with Crippen LogP contribution < -0.4 is 5.32 Å². The van der Waals surface area contributed by atoms with Crippen molar-refractivity contribution >= 4 is 50.6 Å². The number of nitrogens with zero attached hydrogens (tertiary/aromatic N) is 4. The Kier molecular flexibility index (Phi) is 5.67. The lowest BCUT2D eigenvalue weighted by molar-refractivity contribution is -0.113. The van der Waals surface area contributed by atoms with E-state index in [1.54, 1.807) is 0 Å². The highest BCUT2D eigenvalue weighted by Crippen LogP contribution is 2.38. The van der Waals surface area contributed by atoms with Crippen molar-refractivity contribution in [3.8, 4) is 0 Å². The molecular weight excluding hydrogens is 438 g/mol.